The van der Waals surface area contributed by atoms with Crippen LogP contribution >= 0.6 is 15.9 Å². The maximum Gasteiger partial charge on any atom is 0.124 e. The maximum atomic E-state index is 5.61. The zero-order valence-electron chi connectivity index (χ0n) is 11.5. The number of rotatable bonds is 10. The van der Waals surface area contributed by atoms with Crippen molar-refractivity contribution in [1.29, 1.82) is 0 Å². The number of benzene rings is 1. The summed E-state index contributed by atoms with van der Waals surface area (Å²) in [6.07, 6.45) is 0.875. The highest BCUT2D eigenvalue weighted by atomic mass is 79.9. The van der Waals surface area contributed by atoms with Crippen molar-refractivity contribution in [3.63, 3.8) is 0 Å². The minimum absolute atomic E-state index is 0.542. The third-order valence-corrected chi connectivity index (χ3v) is 3.00. The summed E-state index contributed by atoms with van der Waals surface area (Å²) in [5, 5.41) is 0. The van der Waals surface area contributed by atoms with Gasteiger partial charge in [-0.05, 0) is 24.6 Å². The molecule has 0 atom stereocenters. The largest absolute Gasteiger partial charge is 0.496 e. The smallest absolute Gasteiger partial charge is 0.124 e. The van der Waals surface area contributed by atoms with Crippen LogP contribution < -0.4 is 4.74 Å². The molecule has 108 valence electrons. The number of hydrogen-bond acceptors (Lipinski definition) is 4. The lowest BCUT2D eigenvalue weighted by Crippen LogP contribution is -2.06. The highest BCUT2D eigenvalue weighted by Gasteiger charge is 2.03. The summed E-state index contributed by atoms with van der Waals surface area (Å²) < 4.78 is 22.2. The van der Waals surface area contributed by atoms with Crippen LogP contribution in [0, 0.1) is 0 Å². The Morgan fingerprint density at radius 1 is 1.00 bits per heavy atom. The molecule has 0 aromatic heterocycles. The second-order valence-electron chi connectivity index (χ2n) is 3.97. The predicted molar refractivity (Wildman–Crippen MR) is 77.7 cm³/mol. The Morgan fingerprint density at radius 2 is 1.79 bits per heavy atom. The van der Waals surface area contributed by atoms with Gasteiger partial charge in [-0.25, -0.2) is 0 Å². The third kappa shape index (κ3) is 6.92. The van der Waals surface area contributed by atoms with Crippen molar-refractivity contribution in [2.45, 2.75) is 13.0 Å². The Bertz CT molecular complexity index is 357. The van der Waals surface area contributed by atoms with Crippen molar-refractivity contribution in [3.05, 3.63) is 28.2 Å². The molecular weight excluding hydrogens is 312 g/mol. The van der Waals surface area contributed by atoms with Gasteiger partial charge in [-0.2, -0.15) is 0 Å². The van der Waals surface area contributed by atoms with Gasteiger partial charge in [0.15, 0.2) is 0 Å². The lowest BCUT2D eigenvalue weighted by molar-refractivity contribution is 0.0480. The molecule has 0 saturated heterocycles. The molecule has 0 heterocycles. The standard InChI is InChI=1S/C14H21BrO4/c1-16-8-9-18-6-3-7-19-11-12-10-13(15)4-5-14(12)17-2/h4-5,10H,3,6-9,11H2,1-2H3. The average molecular weight is 333 g/mol. The topological polar surface area (TPSA) is 36.9 Å². The Labute approximate surface area is 123 Å². The molecule has 19 heavy (non-hydrogen) atoms. The normalized spacial score (nSPS) is 10.7. The maximum absolute atomic E-state index is 5.61. The van der Waals surface area contributed by atoms with E-state index < -0.39 is 0 Å². The van der Waals surface area contributed by atoms with Gasteiger partial charge >= 0.3 is 0 Å². The summed E-state index contributed by atoms with van der Waals surface area (Å²) >= 11 is 3.44. The minimum atomic E-state index is 0.542. The van der Waals surface area contributed by atoms with Crippen LogP contribution in [0.5, 0.6) is 5.75 Å². The molecular formula is C14H21BrO4. The molecule has 1 aromatic carbocycles. The summed E-state index contributed by atoms with van der Waals surface area (Å²) in [6, 6.07) is 5.89. The molecule has 4 nitrogen and oxygen atoms in total. The van der Waals surface area contributed by atoms with Crippen molar-refractivity contribution >= 4 is 15.9 Å². The van der Waals surface area contributed by atoms with Crippen LogP contribution in [0.15, 0.2) is 22.7 Å². The predicted octanol–water partition coefficient (Wildman–Crippen LogP) is 3.03. The van der Waals surface area contributed by atoms with Gasteiger partial charge in [-0.3, -0.25) is 0 Å². The van der Waals surface area contributed by atoms with Gasteiger partial charge in [-0.1, -0.05) is 15.9 Å². The summed E-state index contributed by atoms with van der Waals surface area (Å²) in [4.78, 5) is 0. The Morgan fingerprint density at radius 3 is 2.53 bits per heavy atom. The van der Waals surface area contributed by atoms with Crippen molar-refractivity contribution in [2.24, 2.45) is 0 Å². The third-order valence-electron chi connectivity index (χ3n) is 2.51. The minimum Gasteiger partial charge on any atom is -0.496 e. The Kier molecular flexibility index (Phi) is 8.82. The molecule has 0 fully saturated rings. The van der Waals surface area contributed by atoms with Crippen LogP contribution in [0.2, 0.25) is 0 Å². The lowest BCUT2D eigenvalue weighted by atomic mass is 10.2. The molecule has 0 unspecified atom stereocenters. The number of ether oxygens (including phenoxy) is 4. The molecule has 1 rings (SSSR count). The second kappa shape index (κ2) is 10.2. The number of methoxy groups -OCH3 is 2. The SMILES string of the molecule is COCCOCCCOCc1cc(Br)ccc1OC. The highest BCUT2D eigenvalue weighted by Crippen LogP contribution is 2.23. The molecule has 0 N–H and O–H groups in total. The summed E-state index contributed by atoms with van der Waals surface area (Å²) in [7, 11) is 3.33. The van der Waals surface area contributed by atoms with Crippen LogP contribution in [0.25, 0.3) is 0 Å². The van der Waals surface area contributed by atoms with Crippen molar-refractivity contribution in [3.8, 4) is 5.75 Å². The highest BCUT2D eigenvalue weighted by molar-refractivity contribution is 9.10. The first-order valence-electron chi connectivity index (χ1n) is 6.24. The molecule has 0 aliphatic carbocycles. The van der Waals surface area contributed by atoms with Crippen LogP contribution in [-0.4, -0.2) is 40.6 Å². The lowest BCUT2D eigenvalue weighted by Gasteiger charge is -2.10. The van der Waals surface area contributed by atoms with Crippen molar-refractivity contribution in [2.75, 3.05) is 40.6 Å². The first-order chi connectivity index (χ1) is 9.27. The average Bonchev–Trinajstić information content (AvgIpc) is 2.42. The van der Waals surface area contributed by atoms with Gasteiger partial charge in [0.1, 0.15) is 5.75 Å². The van der Waals surface area contributed by atoms with E-state index in [0.717, 1.165) is 22.2 Å². The summed E-state index contributed by atoms with van der Waals surface area (Å²) in [5.41, 5.74) is 1.04. The number of halogens is 1. The fraction of sp³-hybridized carbons (Fsp3) is 0.571. The zero-order chi connectivity index (χ0) is 13.9. The van der Waals surface area contributed by atoms with Gasteiger partial charge in [0.05, 0.1) is 26.9 Å². The van der Waals surface area contributed by atoms with E-state index in [2.05, 4.69) is 15.9 Å². The van der Waals surface area contributed by atoms with Crippen LogP contribution in [0.3, 0.4) is 0 Å². The monoisotopic (exact) mass is 332 g/mol. The van der Waals surface area contributed by atoms with E-state index in [1.54, 1.807) is 14.2 Å². The molecule has 0 amide bonds. The van der Waals surface area contributed by atoms with E-state index in [-0.39, 0.29) is 0 Å². The Balaban J connectivity index is 2.17. The van der Waals surface area contributed by atoms with E-state index in [0.29, 0.717) is 33.0 Å². The number of hydrogen-bond donors (Lipinski definition) is 0. The van der Waals surface area contributed by atoms with E-state index in [1.807, 2.05) is 18.2 Å². The van der Waals surface area contributed by atoms with Gasteiger partial charge in [-0.15, -0.1) is 0 Å². The zero-order valence-corrected chi connectivity index (χ0v) is 13.1. The van der Waals surface area contributed by atoms with Crippen molar-refractivity contribution in [1.82, 2.24) is 0 Å². The fourth-order valence-electron chi connectivity index (χ4n) is 1.55. The Hall–Kier alpha value is -0.620. The molecule has 0 bridgehead atoms. The van der Waals surface area contributed by atoms with Gasteiger partial charge in [0, 0.05) is 30.4 Å². The van der Waals surface area contributed by atoms with E-state index in [4.69, 9.17) is 18.9 Å². The van der Waals surface area contributed by atoms with Crippen LogP contribution in [-0.2, 0) is 20.8 Å². The molecule has 0 aliphatic heterocycles. The van der Waals surface area contributed by atoms with Gasteiger partial charge < -0.3 is 18.9 Å². The molecule has 0 spiro atoms. The second-order valence-corrected chi connectivity index (χ2v) is 4.88. The quantitative estimate of drug-likeness (QED) is 0.617. The molecule has 5 heteroatoms. The first kappa shape index (κ1) is 16.4. The summed E-state index contributed by atoms with van der Waals surface area (Å²) in [6.45, 7) is 3.17. The van der Waals surface area contributed by atoms with Gasteiger partial charge in [0.2, 0.25) is 0 Å². The molecule has 1 aromatic rings. The van der Waals surface area contributed by atoms with E-state index in [1.165, 1.54) is 0 Å². The van der Waals surface area contributed by atoms with E-state index in [9.17, 15) is 0 Å². The fourth-order valence-corrected chi connectivity index (χ4v) is 1.96. The van der Waals surface area contributed by atoms with Crippen LogP contribution in [0.4, 0.5) is 0 Å². The van der Waals surface area contributed by atoms with Gasteiger partial charge in [0.25, 0.3) is 0 Å². The van der Waals surface area contributed by atoms with Crippen LogP contribution in [0.1, 0.15) is 12.0 Å². The van der Waals surface area contributed by atoms with Crippen molar-refractivity contribution < 1.29 is 18.9 Å². The van der Waals surface area contributed by atoms with E-state index >= 15 is 0 Å². The molecule has 0 saturated carbocycles. The molecule has 0 aliphatic rings. The molecule has 0 radical (unpaired) electrons. The summed E-state index contributed by atoms with van der Waals surface area (Å²) in [5.74, 6) is 0.847. The first-order valence-corrected chi connectivity index (χ1v) is 7.04.